The van der Waals surface area contributed by atoms with Crippen LogP contribution in [0.1, 0.15) is 20.7 Å². The van der Waals surface area contributed by atoms with Crippen LogP contribution in [0.3, 0.4) is 0 Å². The molecule has 0 saturated heterocycles. The molecule has 0 aliphatic heterocycles. The quantitative estimate of drug-likeness (QED) is 0.701. The van der Waals surface area contributed by atoms with Gasteiger partial charge in [0.1, 0.15) is 11.6 Å². The molecule has 0 fully saturated rings. The van der Waals surface area contributed by atoms with Crippen LogP contribution >= 0.6 is 11.6 Å². The van der Waals surface area contributed by atoms with Crippen LogP contribution in [0, 0.1) is 5.82 Å². The number of carbonyl (C=O) groups excluding carboxylic acids is 1. The molecule has 7 heteroatoms. The third kappa shape index (κ3) is 3.45. The van der Waals surface area contributed by atoms with E-state index in [4.69, 9.17) is 16.3 Å². The van der Waals surface area contributed by atoms with Gasteiger partial charge in [-0.15, -0.1) is 0 Å². The van der Waals surface area contributed by atoms with Gasteiger partial charge in [0.25, 0.3) is 5.91 Å². The Kier molecular flexibility index (Phi) is 4.77. The average Bonchev–Trinajstić information content (AvgIpc) is 2.62. The van der Waals surface area contributed by atoms with E-state index in [1.807, 2.05) is 0 Å². The third-order valence-corrected chi connectivity index (χ3v) is 4.13. The smallest absolute Gasteiger partial charge is 0.337 e. The van der Waals surface area contributed by atoms with E-state index in [2.05, 4.69) is 5.32 Å². The normalized spacial score (nSPS) is 10.6. The van der Waals surface area contributed by atoms with E-state index in [9.17, 15) is 19.1 Å². The molecule has 0 heterocycles. The maximum atomic E-state index is 13.2. The molecule has 0 atom stereocenters. The largest absolute Gasteiger partial charge is 0.495 e. The van der Waals surface area contributed by atoms with Crippen molar-refractivity contribution in [2.75, 3.05) is 12.4 Å². The van der Waals surface area contributed by atoms with Crippen molar-refractivity contribution in [1.29, 1.82) is 0 Å². The fraction of sp³-hybridized carbons (Fsp3) is 0.0526. The Morgan fingerprint density at radius 3 is 2.46 bits per heavy atom. The maximum absolute atomic E-state index is 13.2. The van der Waals surface area contributed by atoms with Crippen molar-refractivity contribution in [2.24, 2.45) is 0 Å². The number of nitrogens with one attached hydrogen (secondary N) is 1. The van der Waals surface area contributed by atoms with Crippen molar-refractivity contribution in [3.63, 3.8) is 0 Å². The predicted molar refractivity (Wildman–Crippen MR) is 96.8 cm³/mol. The topological polar surface area (TPSA) is 75.6 Å². The minimum Gasteiger partial charge on any atom is -0.495 e. The van der Waals surface area contributed by atoms with Crippen molar-refractivity contribution in [1.82, 2.24) is 0 Å². The lowest BCUT2D eigenvalue weighted by atomic mass is 10.1. The summed E-state index contributed by atoms with van der Waals surface area (Å²) in [6.45, 7) is 0. The van der Waals surface area contributed by atoms with Crippen molar-refractivity contribution in [2.45, 2.75) is 0 Å². The molecule has 2 N–H and O–H groups in total. The molecule has 0 aromatic heterocycles. The number of hydrogen-bond donors (Lipinski definition) is 2. The summed E-state index contributed by atoms with van der Waals surface area (Å²) in [5.41, 5.74) is 0.198. The zero-order valence-electron chi connectivity index (χ0n) is 13.5. The zero-order valence-corrected chi connectivity index (χ0v) is 14.3. The second-order valence-corrected chi connectivity index (χ2v) is 5.91. The van der Waals surface area contributed by atoms with E-state index in [0.717, 1.165) is 0 Å². The molecule has 0 aliphatic rings. The number of carboxylic acid groups (broad SMARTS) is 1. The van der Waals surface area contributed by atoms with E-state index >= 15 is 0 Å². The van der Waals surface area contributed by atoms with Crippen LogP contribution in [0.4, 0.5) is 10.1 Å². The monoisotopic (exact) mass is 373 g/mol. The number of fused-ring (bicyclic) bond motifs is 1. The van der Waals surface area contributed by atoms with Gasteiger partial charge in [0.15, 0.2) is 0 Å². The van der Waals surface area contributed by atoms with Crippen LogP contribution in [0.5, 0.6) is 5.75 Å². The summed E-state index contributed by atoms with van der Waals surface area (Å²) >= 11 is 5.95. The molecule has 5 nitrogen and oxygen atoms in total. The fourth-order valence-electron chi connectivity index (χ4n) is 2.54. The van der Waals surface area contributed by atoms with Gasteiger partial charge in [0.05, 0.1) is 23.4 Å². The molecular weight excluding hydrogens is 361 g/mol. The Labute approximate surface area is 153 Å². The molecule has 3 aromatic carbocycles. The molecule has 0 saturated carbocycles. The number of rotatable bonds is 4. The fourth-order valence-corrected chi connectivity index (χ4v) is 2.78. The number of anilines is 1. The number of hydrogen-bond acceptors (Lipinski definition) is 3. The Morgan fingerprint density at radius 2 is 1.77 bits per heavy atom. The van der Waals surface area contributed by atoms with Gasteiger partial charge in [-0.1, -0.05) is 23.7 Å². The first-order valence-electron chi connectivity index (χ1n) is 7.50. The van der Waals surface area contributed by atoms with Gasteiger partial charge in [0.2, 0.25) is 0 Å². The zero-order chi connectivity index (χ0) is 18.8. The van der Waals surface area contributed by atoms with Gasteiger partial charge in [-0.25, -0.2) is 9.18 Å². The molecule has 0 bridgehead atoms. The van der Waals surface area contributed by atoms with E-state index in [1.165, 1.54) is 37.4 Å². The Hall–Kier alpha value is -3.12. The Morgan fingerprint density at radius 1 is 1.08 bits per heavy atom. The molecule has 3 rings (SSSR count). The highest BCUT2D eigenvalue weighted by Gasteiger charge is 2.17. The van der Waals surface area contributed by atoms with Crippen LogP contribution in [0.15, 0.2) is 48.5 Å². The minimum atomic E-state index is -1.24. The number of aromatic carboxylic acids is 1. The van der Waals surface area contributed by atoms with Gasteiger partial charge in [-0.05, 0) is 41.1 Å². The second kappa shape index (κ2) is 7.01. The first-order valence-corrected chi connectivity index (χ1v) is 7.88. The van der Waals surface area contributed by atoms with Gasteiger partial charge in [0, 0.05) is 11.6 Å². The van der Waals surface area contributed by atoms with Gasteiger partial charge < -0.3 is 15.2 Å². The van der Waals surface area contributed by atoms with Crippen LogP contribution in [-0.2, 0) is 0 Å². The number of halogens is 2. The predicted octanol–water partition coefficient (Wildman–Crippen LogP) is 4.59. The molecule has 26 heavy (non-hydrogen) atoms. The molecule has 3 aromatic rings. The van der Waals surface area contributed by atoms with E-state index in [0.29, 0.717) is 16.3 Å². The lowest BCUT2D eigenvalue weighted by Crippen LogP contribution is -2.15. The first-order chi connectivity index (χ1) is 12.4. The summed E-state index contributed by atoms with van der Waals surface area (Å²) < 4.78 is 18.3. The highest BCUT2D eigenvalue weighted by atomic mass is 35.5. The number of benzene rings is 3. The number of ether oxygens (including phenoxy) is 1. The first kappa shape index (κ1) is 17.7. The summed E-state index contributed by atoms with van der Waals surface area (Å²) in [6.07, 6.45) is 0. The Balaban J connectivity index is 1.97. The number of carboxylic acids is 1. The van der Waals surface area contributed by atoms with Crippen molar-refractivity contribution < 1.29 is 23.8 Å². The molecule has 0 radical (unpaired) electrons. The number of amides is 1. The van der Waals surface area contributed by atoms with Gasteiger partial charge in [-0.3, -0.25) is 4.79 Å². The summed E-state index contributed by atoms with van der Waals surface area (Å²) in [5.74, 6) is -1.88. The SMILES string of the molecule is COc1cc(NC(=O)c2ccc3cc(F)ccc3c2)c(C(=O)O)cc1Cl. The van der Waals surface area contributed by atoms with E-state index in [1.54, 1.807) is 18.2 Å². The molecule has 1 amide bonds. The van der Waals surface area contributed by atoms with Crippen LogP contribution in [-0.4, -0.2) is 24.1 Å². The summed E-state index contributed by atoms with van der Waals surface area (Å²) in [7, 11) is 1.38. The lowest BCUT2D eigenvalue weighted by molar-refractivity contribution is 0.0698. The molecule has 0 aliphatic carbocycles. The van der Waals surface area contributed by atoms with Crippen LogP contribution in [0.25, 0.3) is 10.8 Å². The summed E-state index contributed by atoms with van der Waals surface area (Å²) in [6, 6.07) is 11.5. The summed E-state index contributed by atoms with van der Waals surface area (Å²) in [5, 5.41) is 13.3. The van der Waals surface area contributed by atoms with Crippen molar-refractivity contribution in [3.05, 3.63) is 70.5 Å². The second-order valence-electron chi connectivity index (χ2n) is 5.50. The summed E-state index contributed by atoms with van der Waals surface area (Å²) in [4.78, 5) is 23.9. The maximum Gasteiger partial charge on any atom is 0.337 e. The molecular formula is C19H13ClFNO4. The molecule has 132 valence electrons. The number of methoxy groups -OCH3 is 1. The van der Waals surface area contributed by atoms with Crippen molar-refractivity contribution >= 4 is 39.9 Å². The Bertz CT molecular complexity index is 1040. The average molecular weight is 374 g/mol. The number of carbonyl (C=O) groups is 2. The van der Waals surface area contributed by atoms with Gasteiger partial charge in [-0.2, -0.15) is 0 Å². The third-order valence-electron chi connectivity index (χ3n) is 3.84. The highest BCUT2D eigenvalue weighted by molar-refractivity contribution is 6.32. The highest BCUT2D eigenvalue weighted by Crippen LogP contribution is 2.31. The standard InChI is InChI=1S/C19H13ClFNO4/c1-26-17-9-16(14(19(24)25)8-15(17)20)22-18(23)12-3-2-11-7-13(21)5-4-10(11)6-12/h2-9H,1H3,(H,22,23)(H,24,25). The van der Waals surface area contributed by atoms with Crippen LogP contribution < -0.4 is 10.1 Å². The molecule has 0 spiro atoms. The van der Waals surface area contributed by atoms with Crippen molar-refractivity contribution in [3.8, 4) is 5.75 Å². The van der Waals surface area contributed by atoms with Gasteiger partial charge >= 0.3 is 5.97 Å². The minimum absolute atomic E-state index is 0.0583. The van der Waals surface area contributed by atoms with Crippen LogP contribution in [0.2, 0.25) is 5.02 Å². The lowest BCUT2D eigenvalue weighted by Gasteiger charge is -2.12. The molecule has 0 unspecified atom stereocenters. The van der Waals surface area contributed by atoms with E-state index in [-0.39, 0.29) is 27.8 Å². The van der Waals surface area contributed by atoms with E-state index < -0.39 is 11.9 Å².